The van der Waals surface area contributed by atoms with Crippen LogP contribution in [0.25, 0.3) is 0 Å². The summed E-state index contributed by atoms with van der Waals surface area (Å²) < 4.78 is 11.0. The third kappa shape index (κ3) is 4.84. The number of nitrogens with one attached hydrogen (secondary N) is 1. The van der Waals surface area contributed by atoms with E-state index in [0.717, 1.165) is 35.8 Å². The van der Waals surface area contributed by atoms with Crippen LogP contribution < -0.4 is 10.1 Å². The fourth-order valence-electron chi connectivity index (χ4n) is 1.63. The first-order valence-electron chi connectivity index (χ1n) is 6.32. The van der Waals surface area contributed by atoms with Gasteiger partial charge in [-0.3, -0.25) is 0 Å². The van der Waals surface area contributed by atoms with Crippen molar-refractivity contribution >= 4 is 11.6 Å². The molecule has 0 aliphatic carbocycles. The Bertz CT molecular complexity index is 358. The lowest BCUT2D eigenvalue weighted by molar-refractivity contribution is 0.134. The summed E-state index contributed by atoms with van der Waals surface area (Å²) in [6, 6.07) is 5.76. The molecule has 0 bridgehead atoms. The van der Waals surface area contributed by atoms with Crippen LogP contribution in [-0.4, -0.2) is 26.4 Å². The van der Waals surface area contributed by atoms with Gasteiger partial charge in [-0.15, -0.1) is 0 Å². The van der Waals surface area contributed by atoms with Gasteiger partial charge in [0.05, 0.1) is 6.10 Å². The van der Waals surface area contributed by atoms with Gasteiger partial charge in [0.15, 0.2) is 0 Å². The molecule has 0 spiro atoms. The predicted octanol–water partition coefficient (Wildman–Crippen LogP) is 3.25. The Balaban J connectivity index is 2.71. The second kappa shape index (κ2) is 8.35. The quantitative estimate of drug-likeness (QED) is 0.787. The molecule has 1 aromatic rings. The molecule has 0 aliphatic rings. The average Bonchev–Trinajstić information content (AvgIpc) is 2.36. The summed E-state index contributed by atoms with van der Waals surface area (Å²) in [5.74, 6) is 0.854. The molecule has 0 aromatic heterocycles. The molecular weight excluding hydrogens is 250 g/mol. The SMILES string of the molecule is CCNCc1c(Cl)cccc1OC(C)CCOC. The van der Waals surface area contributed by atoms with Crippen LogP contribution in [0.5, 0.6) is 5.75 Å². The number of ether oxygens (including phenoxy) is 2. The molecule has 0 saturated heterocycles. The van der Waals surface area contributed by atoms with Crippen molar-refractivity contribution in [3.63, 3.8) is 0 Å². The lowest BCUT2D eigenvalue weighted by atomic mass is 10.2. The maximum atomic E-state index is 6.21. The highest BCUT2D eigenvalue weighted by Crippen LogP contribution is 2.27. The summed E-state index contributed by atoms with van der Waals surface area (Å²) >= 11 is 6.21. The van der Waals surface area contributed by atoms with E-state index >= 15 is 0 Å². The van der Waals surface area contributed by atoms with E-state index < -0.39 is 0 Å². The third-order valence-electron chi connectivity index (χ3n) is 2.68. The Morgan fingerprint density at radius 3 is 2.83 bits per heavy atom. The van der Waals surface area contributed by atoms with Crippen LogP contribution >= 0.6 is 11.6 Å². The zero-order valence-corrected chi connectivity index (χ0v) is 12.1. The molecule has 1 unspecified atom stereocenters. The summed E-state index contributed by atoms with van der Waals surface area (Å²) in [5, 5.41) is 4.02. The number of methoxy groups -OCH3 is 1. The van der Waals surface area contributed by atoms with Gasteiger partial charge >= 0.3 is 0 Å². The van der Waals surface area contributed by atoms with E-state index in [1.165, 1.54) is 0 Å². The van der Waals surface area contributed by atoms with E-state index in [1.54, 1.807) is 7.11 Å². The lowest BCUT2D eigenvalue weighted by Crippen LogP contribution is -2.17. The molecule has 1 N–H and O–H groups in total. The molecule has 0 amide bonds. The van der Waals surface area contributed by atoms with E-state index in [1.807, 2.05) is 25.1 Å². The first kappa shape index (κ1) is 15.3. The number of hydrogen-bond donors (Lipinski definition) is 1. The van der Waals surface area contributed by atoms with E-state index in [0.29, 0.717) is 6.61 Å². The van der Waals surface area contributed by atoms with E-state index in [2.05, 4.69) is 12.2 Å². The zero-order valence-electron chi connectivity index (χ0n) is 11.3. The fraction of sp³-hybridized carbons (Fsp3) is 0.571. The number of halogens is 1. The molecule has 0 aliphatic heterocycles. The lowest BCUT2D eigenvalue weighted by Gasteiger charge is -2.18. The van der Waals surface area contributed by atoms with Crippen LogP contribution in [0.2, 0.25) is 5.02 Å². The first-order valence-corrected chi connectivity index (χ1v) is 6.70. The molecule has 3 nitrogen and oxygen atoms in total. The van der Waals surface area contributed by atoms with Crippen LogP contribution in [-0.2, 0) is 11.3 Å². The minimum atomic E-state index is 0.115. The van der Waals surface area contributed by atoms with Crippen LogP contribution in [0.4, 0.5) is 0 Å². The van der Waals surface area contributed by atoms with Crippen LogP contribution in [0, 0.1) is 0 Å². The Labute approximate surface area is 114 Å². The smallest absolute Gasteiger partial charge is 0.125 e. The standard InChI is InChI=1S/C14H22ClNO2/c1-4-16-10-12-13(15)6-5-7-14(12)18-11(2)8-9-17-3/h5-7,11,16H,4,8-10H2,1-3H3. The molecule has 1 aromatic carbocycles. The predicted molar refractivity (Wildman–Crippen MR) is 75.4 cm³/mol. The van der Waals surface area contributed by atoms with Gasteiger partial charge in [0.2, 0.25) is 0 Å². The van der Waals surface area contributed by atoms with Gasteiger partial charge in [-0.05, 0) is 25.6 Å². The van der Waals surface area contributed by atoms with E-state index in [9.17, 15) is 0 Å². The summed E-state index contributed by atoms with van der Waals surface area (Å²) in [5.41, 5.74) is 1.02. The number of benzene rings is 1. The van der Waals surface area contributed by atoms with Crippen LogP contribution in [0.1, 0.15) is 25.8 Å². The van der Waals surface area contributed by atoms with Crippen molar-refractivity contribution in [3.05, 3.63) is 28.8 Å². The largest absolute Gasteiger partial charge is 0.490 e. The topological polar surface area (TPSA) is 30.5 Å². The van der Waals surface area contributed by atoms with Crippen LogP contribution in [0.3, 0.4) is 0 Å². The van der Waals surface area contributed by atoms with Gasteiger partial charge < -0.3 is 14.8 Å². The summed E-state index contributed by atoms with van der Waals surface area (Å²) in [6.45, 7) is 6.44. The highest BCUT2D eigenvalue weighted by atomic mass is 35.5. The van der Waals surface area contributed by atoms with Crippen molar-refractivity contribution in [1.29, 1.82) is 0 Å². The van der Waals surface area contributed by atoms with Crippen molar-refractivity contribution in [1.82, 2.24) is 5.32 Å². The molecule has 0 saturated carbocycles. The summed E-state index contributed by atoms with van der Waals surface area (Å²) in [6.07, 6.45) is 0.979. The highest BCUT2D eigenvalue weighted by Gasteiger charge is 2.11. The Morgan fingerprint density at radius 1 is 1.39 bits per heavy atom. The van der Waals surface area contributed by atoms with Gasteiger partial charge in [-0.2, -0.15) is 0 Å². The molecule has 0 fully saturated rings. The molecular formula is C14H22ClNO2. The van der Waals surface area contributed by atoms with Crippen molar-refractivity contribution in [2.45, 2.75) is 32.9 Å². The maximum Gasteiger partial charge on any atom is 0.125 e. The molecule has 1 atom stereocenters. The fourth-order valence-corrected chi connectivity index (χ4v) is 1.86. The molecule has 18 heavy (non-hydrogen) atoms. The first-order chi connectivity index (χ1) is 8.69. The van der Waals surface area contributed by atoms with E-state index in [-0.39, 0.29) is 6.10 Å². The second-order valence-corrected chi connectivity index (χ2v) is 4.61. The van der Waals surface area contributed by atoms with Crippen molar-refractivity contribution in [2.24, 2.45) is 0 Å². The van der Waals surface area contributed by atoms with Crippen LogP contribution in [0.15, 0.2) is 18.2 Å². The Hall–Kier alpha value is -0.770. The zero-order chi connectivity index (χ0) is 13.4. The molecule has 0 radical (unpaired) electrons. The average molecular weight is 272 g/mol. The second-order valence-electron chi connectivity index (χ2n) is 4.21. The van der Waals surface area contributed by atoms with Gasteiger partial charge in [-0.25, -0.2) is 0 Å². The molecule has 102 valence electrons. The molecule has 1 rings (SSSR count). The molecule has 0 heterocycles. The monoisotopic (exact) mass is 271 g/mol. The normalized spacial score (nSPS) is 12.4. The molecule has 4 heteroatoms. The van der Waals surface area contributed by atoms with Gasteiger partial charge in [0.25, 0.3) is 0 Å². The van der Waals surface area contributed by atoms with Gasteiger partial charge in [0, 0.05) is 37.3 Å². The minimum Gasteiger partial charge on any atom is -0.490 e. The van der Waals surface area contributed by atoms with Crippen molar-refractivity contribution in [2.75, 3.05) is 20.3 Å². The van der Waals surface area contributed by atoms with Gasteiger partial charge in [-0.1, -0.05) is 24.6 Å². The number of hydrogen-bond acceptors (Lipinski definition) is 3. The third-order valence-corrected chi connectivity index (χ3v) is 3.04. The summed E-state index contributed by atoms with van der Waals surface area (Å²) in [4.78, 5) is 0. The Morgan fingerprint density at radius 2 is 2.17 bits per heavy atom. The van der Waals surface area contributed by atoms with E-state index in [4.69, 9.17) is 21.1 Å². The maximum absolute atomic E-state index is 6.21. The van der Waals surface area contributed by atoms with Crippen molar-refractivity contribution in [3.8, 4) is 5.75 Å². The van der Waals surface area contributed by atoms with Gasteiger partial charge in [0.1, 0.15) is 5.75 Å². The number of rotatable bonds is 8. The van der Waals surface area contributed by atoms with Crippen molar-refractivity contribution < 1.29 is 9.47 Å². The highest BCUT2D eigenvalue weighted by molar-refractivity contribution is 6.31. The Kier molecular flexibility index (Phi) is 7.09. The summed E-state index contributed by atoms with van der Waals surface area (Å²) in [7, 11) is 1.70. The minimum absolute atomic E-state index is 0.115.